The van der Waals surface area contributed by atoms with Crippen LogP contribution in [0.25, 0.3) is 5.70 Å². The number of pyridine rings is 1. The maximum Gasteiger partial charge on any atom is 0.412 e. The van der Waals surface area contributed by atoms with Crippen molar-refractivity contribution >= 4 is 17.8 Å². The minimum Gasteiger partial charge on any atom is -0.459 e. The molecule has 1 heterocycles. The number of rotatable bonds is 7. The first-order valence-electron chi connectivity index (χ1n) is 10.3. The van der Waals surface area contributed by atoms with E-state index in [9.17, 15) is 9.59 Å². The van der Waals surface area contributed by atoms with Crippen LogP contribution in [-0.4, -0.2) is 41.8 Å². The lowest BCUT2D eigenvalue weighted by atomic mass is 9.98. The molecule has 0 radical (unpaired) electrons. The lowest BCUT2D eigenvalue weighted by Gasteiger charge is -2.22. The van der Waals surface area contributed by atoms with E-state index < -0.39 is 6.09 Å². The van der Waals surface area contributed by atoms with Crippen molar-refractivity contribution in [1.29, 1.82) is 0 Å². The molecule has 1 aromatic rings. The van der Waals surface area contributed by atoms with Gasteiger partial charge in [-0.3, -0.25) is 15.3 Å². The molecule has 0 unspecified atom stereocenters. The molecule has 5 N–H and O–H groups in total. The Bertz CT molecular complexity index is 786. The van der Waals surface area contributed by atoms with Crippen molar-refractivity contribution in [2.75, 3.05) is 13.7 Å². The molecular weight excluding hydrogens is 386 g/mol. The van der Waals surface area contributed by atoms with Crippen LogP contribution < -0.4 is 16.9 Å². The first kappa shape index (κ1) is 23.5. The van der Waals surface area contributed by atoms with E-state index >= 15 is 0 Å². The Morgan fingerprint density at radius 2 is 1.93 bits per heavy atom. The summed E-state index contributed by atoms with van der Waals surface area (Å²) in [5, 5.41) is 3.72. The molecule has 0 aromatic carbocycles. The number of aryl methyl sites for hydroxylation is 1. The van der Waals surface area contributed by atoms with Crippen molar-refractivity contribution in [3.8, 4) is 0 Å². The molecule has 1 aliphatic carbocycles. The molecule has 1 fully saturated rings. The van der Waals surface area contributed by atoms with E-state index in [1.807, 2.05) is 13.8 Å². The molecule has 1 amide bonds. The van der Waals surface area contributed by atoms with Crippen molar-refractivity contribution in [3.05, 3.63) is 34.9 Å². The first-order valence-corrected chi connectivity index (χ1v) is 10.3. The SMILES string of the molecule is Cc1nc(/C(N)=C(\NC(=O)OCC(C)C)N(C)N)ccc1C(=O)OC1CCCCC1. The zero-order chi connectivity index (χ0) is 22.3. The van der Waals surface area contributed by atoms with Crippen LogP contribution in [0.5, 0.6) is 0 Å². The van der Waals surface area contributed by atoms with Gasteiger partial charge in [0.05, 0.1) is 23.6 Å². The van der Waals surface area contributed by atoms with E-state index in [0.29, 0.717) is 17.0 Å². The number of nitrogens with zero attached hydrogens (tertiary/aromatic N) is 2. The predicted molar refractivity (Wildman–Crippen MR) is 114 cm³/mol. The Morgan fingerprint density at radius 3 is 2.50 bits per heavy atom. The number of aromatic nitrogens is 1. The molecule has 2 rings (SSSR count). The fourth-order valence-corrected chi connectivity index (χ4v) is 3.17. The highest BCUT2D eigenvalue weighted by Crippen LogP contribution is 2.22. The molecule has 0 atom stereocenters. The van der Waals surface area contributed by atoms with Gasteiger partial charge in [0, 0.05) is 7.05 Å². The summed E-state index contributed by atoms with van der Waals surface area (Å²) in [7, 11) is 1.54. The van der Waals surface area contributed by atoms with E-state index in [4.69, 9.17) is 21.1 Å². The average Bonchev–Trinajstić information content (AvgIpc) is 2.70. The maximum atomic E-state index is 12.5. The van der Waals surface area contributed by atoms with E-state index in [0.717, 1.165) is 25.7 Å². The minimum atomic E-state index is -0.664. The summed E-state index contributed by atoms with van der Waals surface area (Å²) < 4.78 is 10.7. The van der Waals surface area contributed by atoms with E-state index in [1.165, 1.54) is 18.5 Å². The average molecular weight is 420 g/mol. The van der Waals surface area contributed by atoms with Gasteiger partial charge in [0.25, 0.3) is 0 Å². The normalized spacial score (nSPS) is 15.4. The number of nitrogens with two attached hydrogens (primary N) is 2. The maximum absolute atomic E-state index is 12.5. The van der Waals surface area contributed by atoms with Crippen LogP contribution in [-0.2, 0) is 9.47 Å². The fourth-order valence-electron chi connectivity index (χ4n) is 3.17. The van der Waals surface area contributed by atoms with Gasteiger partial charge < -0.3 is 15.2 Å². The van der Waals surface area contributed by atoms with E-state index in [2.05, 4.69) is 10.3 Å². The van der Waals surface area contributed by atoms with Crippen LogP contribution >= 0.6 is 0 Å². The number of amides is 1. The first-order chi connectivity index (χ1) is 14.2. The standard InChI is InChI=1S/C21H33N5O4/c1-13(2)12-29-21(28)25-19(26(4)23)18(22)17-11-10-16(14(3)24-17)20(27)30-15-8-6-5-7-9-15/h10-11,13,15H,5-9,12,22-23H2,1-4H3,(H,25,28)/b19-18-. The van der Waals surface area contributed by atoms with Crippen LogP contribution in [0.4, 0.5) is 4.79 Å². The summed E-state index contributed by atoms with van der Waals surface area (Å²) in [6.45, 7) is 5.84. The quantitative estimate of drug-likeness (QED) is 0.349. The summed E-state index contributed by atoms with van der Waals surface area (Å²) in [6.07, 6.45) is 4.45. The number of alkyl carbamates (subject to hydrolysis) is 1. The number of esters is 1. The molecule has 0 saturated heterocycles. The summed E-state index contributed by atoms with van der Waals surface area (Å²) in [5.74, 6) is 5.78. The Labute approximate surface area is 177 Å². The molecule has 166 valence electrons. The van der Waals surface area contributed by atoms with Crippen LogP contribution in [0, 0.1) is 12.8 Å². The monoisotopic (exact) mass is 419 g/mol. The van der Waals surface area contributed by atoms with Gasteiger partial charge in [-0.2, -0.15) is 0 Å². The molecule has 0 spiro atoms. The van der Waals surface area contributed by atoms with Crippen LogP contribution in [0.3, 0.4) is 0 Å². The van der Waals surface area contributed by atoms with Crippen LogP contribution in [0.15, 0.2) is 18.0 Å². The molecule has 9 heteroatoms. The number of nitrogens with one attached hydrogen (secondary N) is 1. The number of carbonyl (C=O) groups is 2. The lowest BCUT2D eigenvalue weighted by molar-refractivity contribution is 0.0209. The Morgan fingerprint density at radius 1 is 1.27 bits per heavy atom. The third-order valence-corrected chi connectivity index (χ3v) is 4.78. The second-order valence-corrected chi connectivity index (χ2v) is 7.99. The summed E-state index contributed by atoms with van der Waals surface area (Å²) in [5.41, 5.74) is 7.60. The molecule has 0 aliphatic heterocycles. The molecule has 1 aromatic heterocycles. The van der Waals surface area contributed by atoms with Gasteiger partial charge in [-0.15, -0.1) is 0 Å². The number of hydrazine groups is 1. The Balaban J connectivity index is 2.16. The minimum absolute atomic E-state index is 0.0335. The van der Waals surface area contributed by atoms with Crippen molar-refractivity contribution in [2.45, 2.75) is 59.0 Å². The van der Waals surface area contributed by atoms with Crippen LogP contribution in [0.2, 0.25) is 0 Å². The summed E-state index contributed by atoms with van der Waals surface area (Å²) in [6, 6.07) is 3.23. The molecule has 30 heavy (non-hydrogen) atoms. The predicted octanol–water partition coefficient (Wildman–Crippen LogP) is 2.65. The highest BCUT2D eigenvalue weighted by atomic mass is 16.6. The van der Waals surface area contributed by atoms with Gasteiger partial charge in [0.2, 0.25) is 0 Å². The number of hydrogen-bond acceptors (Lipinski definition) is 8. The van der Waals surface area contributed by atoms with Gasteiger partial charge in [-0.05, 0) is 50.7 Å². The van der Waals surface area contributed by atoms with Crippen molar-refractivity contribution in [2.24, 2.45) is 17.5 Å². The fraction of sp³-hybridized carbons (Fsp3) is 0.571. The van der Waals surface area contributed by atoms with Crippen molar-refractivity contribution in [3.63, 3.8) is 0 Å². The topological polar surface area (TPSA) is 133 Å². The van der Waals surface area contributed by atoms with Gasteiger partial charge in [0.1, 0.15) is 11.8 Å². The third-order valence-electron chi connectivity index (χ3n) is 4.78. The summed E-state index contributed by atoms with van der Waals surface area (Å²) in [4.78, 5) is 28.9. The van der Waals surface area contributed by atoms with Gasteiger partial charge in [-0.1, -0.05) is 20.3 Å². The smallest absolute Gasteiger partial charge is 0.412 e. The van der Waals surface area contributed by atoms with Crippen molar-refractivity contribution < 1.29 is 19.1 Å². The highest BCUT2D eigenvalue weighted by molar-refractivity contribution is 5.91. The highest BCUT2D eigenvalue weighted by Gasteiger charge is 2.21. The third kappa shape index (κ3) is 6.62. The Kier molecular flexibility index (Phi) is 8.46. The number of ether oxygens (including phenoxy) is 2. The van der Waals surface area contributed by atoms with Crippen LogP contribution in [0.1, 0.15) is 67.7 Å². The molecule has 1 aliphatic rings. The van der Waals surface area contributed by atoms with E-state index in [-0.39, 0.29) is 36.1 Å². The molecule has 0 bridgehead atoms. The molecular formula is C21H33N5O4. The largest absolute Gasteiger partial charge is 0.459 e. The van der Waals surface area contributed by atoms with E-state index in [1.54, 1.807) is 19.1 Å². The second kappa shape index (κ2) is 10.8. The zero-order valence-corrected chi connectivity index (χ0v) is 18.2. The van der Waals surface area contributed by atoms with Gasteiger partial charge in [-0.25, -0.2) is 15.4 Å². The Hall–Kier alpha value is -2.81. The number of hydrogen-bond donors (Lipinski definition) is 3. The number of carbonyl (C=O) groups excluding carboxylic acids is 2. The molecule has 9 nitrogen and oxygen atoms in total. The zero-order valence-electron chi connectivity index (χ0n) is 18.2. The van der Waals surface area contributed by atoms with Gasteiger partial charge in [0.15, 0.2) is 5.82 Å². The van der Waals surface area contributed by atoms with Crippen molar-refractivity contribution in [1.82, 2.24) is 15.3 Å². The summed E-state index contributed by atoms with van der Waals surface area (Å²) >= 11 is 0. The van der Waals surface area contributed by atoms with Gasteiger partial charge >= 0.3 is 12.1 Å². The molecule has 1 saturated carbocycles. The lowest BCUT2D eigenvalue weighted by Crippen LogP contribution is -2.39. The second-order valence-electron chi connectivity index (χ2n) is 7.99.